The normalized spacial score (nSPS) is 14.8. The van der Waals surface area contributed by atoms with E-state index >= 15 is 0 Å². The summed E-state index contributed by atoms with van der Waals surface area (Å²) in [5, 5.41) is 18.4. The van der Waals surface area contributed by atoms with E-state index < -0.39 is 5.97 Å². The maximum Gasteiger partial charge on any atom is 0.335 e. The molecule has 1 aliphatic heterocycles. The second-order valence-corrected chi connectivity index (χ2v) is 3.42. The molecule has 0 aromatic heterocycles. The van der Waals surface area contributed by atoms with E-state index in [9.17, 15) is 9.90 Å². The molecule has 0 amide bonds. The molecule has 16 heavy (non-hydrogen) atoms. The Kier molecular flexibility index (Phi) is 2.64. The van der Waals surface area contributed by atoms with Gasteiger partial charge in [-0.15, -0.1) is 0 Å². The molecule has 0 unspecified atom stereocenters. The van der Waals surface area contributed by atoms with Crippen LogP contribution in [0.2, 0.25) is 0 Å². The van der Waals surface area contributed by atoms with Crippen molar-refractivity contribution in [3.63, 3.8) is 0 Å². The van der Waals surface area contributed by atoms with E-state index in [2.05, 4.69) is 0 Å². The highest BCUT2D eigenvalue weighted by Gasteiger charge is 2.12. The minimum absolute atomic E-state index is 0.180. The van der Waals surface area contributed by atoms with Crippen molar-refractivity contribution in [3.8, 4) is 5.75 Å². The number of carbonyl (C=O) groups is 1. The summed E-state index contributed by atoms with van der Waals surface area (Å²) in [5.41, 5.74) is 0.936. The van der Waals surface area contributed by atoms with Crippen LogP contribution in [0.1, 0.15) is 0 Å². The maximum absolute atomic E-state index is 10.7. The molecule has 1 heterocycles. The number of phenols is 1. The minimum Gasteiger partial charge on any atom is -0.506 e. The number of nitrogens with zero attached hydrogens (tertiary/aromatic N) is 1. The van der Waals surface area contributed by atoms with Gasteiger partial charge in [-0.3, -0.25) is 0 Å². The SMILES string of the molecule is O=C(O)C1=CCN(c2ccccc2O)C=C1. The molecule has 0 bridgehead atoms. The van der Waals surface area contributed by atoms with Crippen LogP contribution in [-0.2, 0) is 4.79 Å². The Morgan fingerprint density at radius 2 is 2.06 bits per heavy atom. The number of anilines is 1. The van der Waals surface area contributed by atoms with Gasteiger partial charge in [-0.1, -0.05) is 18.2 Å². The molecule has 4 nitrogen and oxygen atoms in total. The van der Waals surface area contributed by atoms with E-state index in [1.165, 1.54) is 6.08 Å². The smallest absolute Gasteiger partial charge is 0.335 e. The third kappa shape index (κ3) is 1.91. The topological polar surface area (TPSA) is 60.8 Å². The van der Waals surface area contributed by atoms with Crippen LogP contribution in [-0.4, -0.2) is 22.7 Å². The Morgan fingerprint density at radius 3 is 2.62 bits per heavy atom. The van der Waals surface area contributed by atoms with Crippen molar-refractivity contribution >= 4 is 11.7 Å². The van der Waals surface area contributed by atoms with Gasteiger partial charge in [0.05, 0.1) is 11.3 Å². The Balaban J connectivity index is 2.21. The molecule has 0 fully saturated rings. The lowest BCUT2D eigenvalue weighted by Gasteiger charge is -2.22. The Hall–Kier alpha value is -2.23. The zero-order valence-corrected chi connectivity index (χ0v) is 8.50. The zero-order chi connectivity index (χ0) is 11.5. The van der Waals surface area contributed by atoms with Crippen molar-refractivity contribution in [3.05, 3.63) is 48.2 Å². The number of para-hydroxylation sites is 2. The highest BCUT2D eigenvalue weighted by atomic mass is 16.4. The number of benzene rings is 1. The predicted octanol–water partition coefficient (Wildman–Crippen LogP) is 1.74. The Bertz CT molecular complexity index is 477. The highest BCUT2D eigenvalue weighted by molar-refractivity contribution is 5.90. The van der Waals surface area contributed by atoms with Crippen LogP contribution in [0.4, 0.5) is 5.69 Å². The van der Waals surface area contributed by atoms with Crippen molar-refractivity contribution in [2.75, 3.05) is 11.4 Å². The fourth-order valence-corrected chi connectivity index (χ4v) is 1.54. The van der Waals surface area contributed by atoms with Gasteiger partial charge in [-0.2, -0.15) is 0 Å². The maximum atomic E-state index is 10.7. The van der Waals surface area contributed by atoms with Crippen LogP contribution in [0.5, 0.6) is 5.75 Å². The van der Waals surface area contributed by atoms with Crippen LogP contribution >= 0.6 is 0 Å². The van der Waals surface area contributed by atoms with Gasteiger partial charge in [0, 0.05) is 12.7 Å². The van der Waals surface area contributed by atoms with E-state index in [1.807, 2.05) is 6.07 Å². The van der Waals surface area contributed by atoms with Crippen molar-refractivity contribution in [2.45, 2.75) is 0 Å². The fourth-order valence-electron chi connectivity index (χ4n) is 1.54. The molecule has 1 aromatic carbocycles. The van der Waals surface area contributed by atoms with Crippen molar-refractivity contribution in [2.24, 2.45) is 0 Å². The molecule has 1 aliphatic rings. The number of hydrogen-bond donors (Lipinski definition) is 2. The van der Waals surface area contributed by atoms with Crippen molar-refractivity contribution < 1.29 is 15.0 Å². The molecular weight excluding hydrogens is 206 g/mol. The van der Waals surface area contributed by atoms with E-state index in [4.69, 9.17) is 5.11 Å². The molecule has 0 atom stereocenters. The first-order chi connectivity index (χ1) is 7.68. The standard InChI is InChI=1S/C12H11NO3/c14-11-4-2-1-3-10(11)13-7-5-9(6-8-13)12(15)16/h1-7,14H,8H2,(H,15,16). The average molecular weight is 217 g/mol. The van der Waals surface area contributed by atoms with Crippen LogP contribution in [0.15, 0.2) is 48.2 Å². The zero-order valence-electron chi connectivity index (χ0n) is 8.50. The summed E-state index contributed by atoms with van der Waals surface area (Å²) in [6.45, 7) is 0.440. The average Bonchev–Trinajstić information content (AvgIpc) is 2.30. The number of hydrogen-bond acceptors (Lipinski definition) is 3. The number of phenolic OH excluding ortho intramolecular Hbond substituents is 1. The monoisotopic (exact) mass is 217 g/mol. The lowest BCUT2D eigenvalue weighted by molar-refractivity contribution is -0.132. The number of rotatable bonds is 2. The molecule has 0 radical (unpaired) electrons. The van der Waals surface area contributed by atoms with Gasteiger partial charge in [0.2, 0.25) is 0 Å². The number of aliphatic carboxylic acids is 1. The molecule has 0 saturated heterocycles. The number of aromatic hydroxyl groups is 1. The molecule has 82 valence electrons. The first-order valence-corrected chi connectivity index (χ1v) is 4.85. The fraction of sp³-hybridized carbons (Fsp3) is 0.0833. The summed E-state index contributed by atoms with van der Waals surface area (Å²) in [4.78, 5) is 12.5. The van der Waals surface area contributed by atoms with E-state index in [0.717, 1.165) is 0 Å². The summed E-state index contributed by atoms with van der Waals surface area (Å²) >= 11 is 0. The van der Waals surface area contributed by atoms with Crippen LogP contribution in [0.3, 0.4) is 0 Å². The molecule has 2 N–H and O–H groups in total. The van der Waals surface area contributed by atoms with Gasteiger partial charge >= 0.3 is 5.97 Å². The van der Waals surface area contributed by atoms with Crippen molar-refractivity contribution in [1.82, 2.24) is 0 Å². The largest absolute Gasteiger partial charge is 0.506 e. The summed E-state index contributed by atoms with van der Waals surface area (Å²) in [6.07, 6.45) is 4.77. The van der Waals surface area contributed by atoms with Gasteiger partial charge in [-0.05, 0) is 18.2 Å². The third-order valence-electron chi connectivity index (χ3n) is 2.38. The Morgan fingerprint density at radius 1 is 1.31 bits per heavy atom. The van der Waals surface area contributed by atoms with Crippen LogP contribution in [0, 0.1) is 0 Å². The van der Waals surface area contributed by atoms with Crippen LogP contribution in [0.25, 0.3) is 0 Å². The lowest BCUT2D eigenvalue weighted by atomic mass is 10.1. The van der Waals surface area contributed by atoms with Crippen LogP contribution < -0.4 is 4.90 Å². The molecular formula is C12H11NO3. The van der Waals surface area contributed by atoms with Gasteiger partial charge in [0.25, 0.3) is 0 Å². The van der Waals surface area contributed by atoms with Gasteiger partial charge < -0.3 is 15.1 Å². The molecule has 0 aliphatic carbocycles. The molecule has 2 rings (SSSR count). The minimum atomic E-state index is -0.937. The van der Waals surface area contributed by atoms with Crippen molar-refractivity contribution in [1.29, 1.82) is 0 Å². The summed E-state index contributed by atoms with van der Waals surface area (Å²) in [7, 11) is 0. The molecule has 0 spiro atoms. The van der Waals surface area contributed by atoms with Gasteiger partial charge in [0.1, 0.15) is 5.75 Å². The lowest BCUT2D eigenvalue weighted by Crippen LogP contribution is -2.20. The quantitative estimate of drug-likeness (QED) is 0.792. The molecule has 0 saturated carbocycles. The molecule has 4 heteroatoms. The first-order valence-electron chi connectivity index (χ1n) is 4.85. The first kappa shape index (κ1) is 10.3. The molecule has 1 aromatic rings. The van der Waals surface area contributed by atoms with Gasteiger partial charge in [0.15, 0.2) is 0 Å². The van der Waals surface area contributed by atoms with E-state index in [0.29, 0.717) is 12.2 Å². The number of carboxylic acids is 1. The second kappa shape index (κ2) is 4.10. The highest BCUT2D eigenvalue weighted by Crippen LogP contribution is 2.27. The number of carboxylic acid groups (broad SMARTS) is 1. The van der Waals surface area contributed by atoms with Gasteiger partial charge in [-0.25, -0.2) is 4.79 Å². The summed E-state index contributed by atoms with van der Waals surface area (Å²) in [6, 6.07) is 6.93. The summed E-state index contributed by atoms with van der Waals surface area (Å²) in [5.74, 6) is -0.757. The third-order valence-corrected chi connectivity index (χ3v) is 2.38. The summed E-state index contributed by atoms with van der Waals surface area (Å²) < 4.78 is 0. The van der Waals surface area contributed by atoms with E-state index in [1.54, 1.807) is 35.4 Å². The second-order valence-electron chi connectivity index (χ2n) is 3.42. The predicted molar refractivity (Wildman–Crippen MR) is 60.3 cm³/mol. The Labute approximate surface area is 92.7 Å². The van der Waals surface area contributed by atoms with E-state index in [-0.39, 0.29) is 11.3 Å².